The quantitative estimate of drug-likeness (QED) is 0.598. The highest BCUT2D eigenvalue weighted by molar-refractivity contribution is 5.95. The first-order valence-corrected chi connectivity index (χ1v) is 12.5. The van der Waals surface area contributed by atoms with Crippen LogP contribution in [0.15, 0.2) is 18.2 Å². The fraction of sp³-hybridized carbons (Fsp3) is 0.600. The van der Waals surface area contributed by atoms with Crippen molar-refractivity contribution in [2.75, 3.05) is 6.79 Å². The Morgan fingerprint density at radius 3 is 2.29 bits per heavy atom. The van der Waals surface area contributed by atoms with E-state index in [2.05, 4.69) is 6.07 Å². The van der Waals surface area contributed by atoms with E-state index in [-0.39, 0.29) is 48.7 Å². The van der Waals surface area contributed by atoms with E-state index in [1.807, 2.05) is 4.90 Å². The lowest BCUT2D eigenvalue weighted by Crippen LogP contribution is -2.55. The van der Waals surface area contributed by atoms with Gasteiger partial charge in [-0.1, -0.05) is 0 Å². The molecule has 2 amide bonds. The van der Waals surface area contributed by atoms with Gasteiger partial charge in [0.15, 0.2) is 11.5 Å². The van der Waals surface area contributed by atoms with Crippen LogP contribution in [0.2, 0.25) is 0 Å². The van der Waals surface area contributed by atoms with Crippen LogP contribution in [0, 0.1) is 23.2 Å². The second-order valence-corrected chi connectivity index (χ2v) is 10.4. The predicted molar refractivity (Wildman–Crippen MR) is 123 cm³/mol. The Bertz CT molecular complexity index is 1170. The standard InChI is InChI=1S/C23H26N4O4.C2HF3O2/c24-10-17-5-13-8-18(13)27(17)23(29)21(25)14-6-15-2-3-16(7-14)26(15)22(28)12-1-4-19-20(9-12)31-11-30-19;3-2(4,5)1(6)7/h1,4,9,13-18,21H,2-3,5-8,11,25H2;(H,6,7)/t13-,14?,15?,16?,17+,18+,21+;/m1./s1. The maximum atomic E-state index is 13.3. The lowest BCUT2D eigenvalue weighted by atomic mass is 9.84. The molecule has 6 rings (SSSR count). The number of fused-ring (bicyclic) bond motifs is 4. The molecule has 0 spiro atoms. The van der Waals surface area contributed by atoms with Gasteiger partial charge in [-0.25, -0.2) is 4.79 Å². The first-order chi connectivity index (χ1) is 18.0. The molecule has 4 aliphatic heterocycles. The molecule has 1 aromatic carbocycles. The minimum Gasteiger partial charge on any atom is -0.475 e. The Labute approximate surface area is 216 Å². The summed E-state index contributed by atoms with van der Waals surface area (Å²) in [6.07, 6.45) is 0.0522. The lowest BCUT2D eigenvalue weighted by Gasteiger charge is -2.41. The van der Waals surface area contributed by atoms with Gasteiger partial charge in [-0.05, 0) is 68.6 Å². The van der Waals surface area contributed by atoms with E-state index in [9.17, 15) is 28.0 Å². The second kappa shape index (κ2) is 9.65. The van der Waals surface area contributed by atoms with E-state index in [1.54, 1.807) is 23.1 Å². The normalized spacial score (nSPS) is 31.0. The molecule has 5 aliphatic rings. The Morgan fingerprint density at radius 2 is 1.68 bits per heavy atom. The number of piperidine rings is 2. The first kappa shape index (κ1) is 26.1. The highest BCUT2D eigenvalue weighted by Gasteiger charge is 2.56. The number of ether oxygens (including phenoxy) is 2. The number of carbonyl (C=O) groups is 3. The number of carbonyl (C=O) groups excluding carboxylic acids is 2. The van der Waals surface area contributed by atoms with Gasteiger partial charge < -0.3 is 30.1 Å². The van der Waals surface area contributed by atoms with Crippen LogP contribution in [0.3, 0.4) is 0 Å². The molecule has 1 aromatic rings. The molecule has 1 aliphatic carbocycles. The molecule has 2 bridgehead atoms. The molecule has 1 saturated carbocycles. The van der Waals surface area contributed by atoms with Crippen LogP contribution < -0.4 is 15.2 Å². The van der Waals surface area contributed by atoms with Crippen LogP contribution >= 0.6 is 0 Å². The number of hydrogen-bond acceptors (Lipinski definition) is 7. The van der Waals surface area contributed by atoms with Gasteiger partial charge in [-0.2, -0.15) is 18.4 Å². The molecule has 10 nitrogen and oxygen atoms in total. The van der Waals surface area contributed by atoms with Gasteiger partial charge in [0.1, 0.15) is 6.04 Å². The van der Waals surface area contributed by atoms with Crippen molar-refractivity contribution in [3.05, 3.63) is 23.8 Å². The number of rotatable bonds is 3. The van der Waals surface area contributed by atoms with Gasteiger partial charge in [-0.15, -0.1) is 0 Å². The summed E-state index contributed by atoms with van der Waals surface area (Å²) in [6.45, 7) is 0.181. The van der Waals surface area contributed by atoms with Crippen LogP contribution in [-0.2, 0) is 9.59 Å². The van der Waals surface area contributed by atoms with Crippen LogP contribution in [-0.4, -0.2) is 75.9 Å². The zero-order valence-electron chi connectivity index (χ0n) is 20.3. The molecule has 4 fully saturated rings. The zero-order chi connectivity index (χ0) is 27.4. The van der Waals surface area contributed by atoms with Gasteiger partial charge in [0.25, 0.3) is 5.91 Å². The largest absolute Gasteiger partial charge is 0.490 e. The summed E-state index contributed by atoms with van der Waals surface area (Å²) in [6, 6.07) is 7.09. The Balaban J connectivity index is 0.000000374. The minimum absolute atomic E-state index is 0.00839. The fourth-order valence-corrected chi connectivity index (χ4v) is 6.29. The van der Waals surface area contributed by atoms with Crippen molar-refractivity contribution in [3.63, 3.8) is 0 Å². The summed E-state index contributed by atoms with van der Waals surface area (Å²) < 4.78 is 42.5. The molecule has 0 aromatic heterocycles. The molecule has 13 heteroatoms. The number of carboxylic acid groups (broad SMARTS) is 1. The van der Waals surface area contributed by atoms with Gasteiger partial charge in [0, 0.05) is 23.7 Å². The summed E-state index contributed by atoms with van der Waals surface area (Å²) in [5.41, 5.74) is 7.09. The summed E-state index contributed by atoms with van der Waals surface area (Å²) >= 11 is 0. The molecule has 3 N–H and O–H groups in total. The Hall–Kier alpha value is -3.53. The van der Waals surface area contributed by atoms with E-state index in [0.717, 1.165) is 38.5 Å². The van der Waals surface area contributed by atoms with Crippen molar-refractivity contribution in [3.8, 4) is 17.6 Å². The van der Waals surface area contributed by atoms with Crippen molar-refractivity contribution in [2.45, 2.75) is 74.9 Å². The van der Waals surface area contributed by atoms with E-state index < -0.39 is 18.2 Å². The summed E-state index contributed by atoms with van der Waals surface area (Å²) in [5.74, 6) is -1.02. The highest BCUT2D eigenvalue weighted by Crippen LogP contribution is 2.49. The summed E-state index contributed by atoms with van der Waals surface area (Å²) in [5, 5.41) is 16.6. The third kappa shape index (κ3) is 4.73. The number of halogens is 3. The predicted octanol–water partition coefficient (Wildman–Crippen LogP) is 2.27. The maximum absolute atomic E-state index is 13.3. The van der Waals surface area contributed by atoms with E-state index in [4.69, 9.17) is 25.1 Å². The first-order valence-electron chi connectivity index (χ1n) is 12.5. The highest BCUT2D eigenvalue weighted by atomic mass is 19.4. The van der Waals surface area contributed by atoms with E-state index in [1.165, 1.54) is 0 Å². The molecule has 6 atom stereocenters. The number of benzene rings is 1. The number of aliphatic carboxylic acids is 1. The van der Waals surface area contributed by atoms with E-state index >= 15 is 0 Å². The molecular formula is C25H27F3N4O6. The van der Waals surface area contributed by atoms with Gasteiger partial charge in [0.2, 0.25) is 12.7 Å². The van der Waals surface area contributed by atoms with Crippen LogP contribution in [0.4, 0.5) is 13.2 Å². The van der Waals surface area contributed by atoms with E-state index in [0.29, 0.717) is 23.0 Å². The fourth-order valence-electron chi connectivity index (χ4n) is 6.29. The Morgan fingerprint density at radius 1 is 1.05 bits per heavy atom. The third-order valence-corrected chi connectivity index (χ3v) is 8.17. The van der Waals surface area contributed by atoms with Crippen molar-refractivity contribution >= 4 is 17.8 Å². The molecule has 4 heterocycles. The lowest BCUT2D eigenvalue weighted by molar-refractivity contribution is -0.192. The summed E-state index contributed by atoms with van der Waals surface area (Å²) in [7, 11) is 0. The summed E-state index contributed by atoms with van der Waals surface area (Å²) in [4.78, 5) is 39.1. The average molecular weight is 537 g/mol. The molecule has 38 heavy (non-hydrogen) atoms. The molecule has 0 radical (unpaired) electrons. The monoisotopic (exact) mass is 536 g/mol. The van der Waals surface area contributed by atoms with Crippen molar-refractivity contribution in [1.82, 2.24) is 9.80 Å². The van der Waals surface area contributed by atoms with Crippen molar-refractivity contribution < 1.29 is 42.1 Å². The topological polar surface area (TPSA) is 146 Å². The molecule has 204 valence electrons. The van der Waals surface area contributed by atoms with Crippen molar-refractivity contribution in [2.24, 2.45) is 17.6 Å². The molecule has 2 unspecified atom stereocenters. The Kier molecular flexibility index (Phi) is 6.63. The minimum atomic E-state index is -5.08. The molecular weight excluding hydrogens is 509 g/mol. The number of hydrogen-bond donors (Lipinski definition) is 2. The number of nitrogens with two attached hydrogens (primary N) is 1. The SMILES string of the molecule is N#C[C@@H]1C[C@@H]2C[C@@H]2N1C(=O)[C@@H](N)C1CC2CCC(C1)N2C(=O)c1ccc2c(c1)OCO2.O=C(O)C(F)(F)F. The van der Waals surface area contributed by atoms with Crippen LogP contribution in [0.1, 0.15) is 48.9 Å². The number of nitriles is 1. The smallest absolute Gasteiger partial charge is 0.475 e. The van der Waals surface area contributed by atoms with Crippen molar-refractivity contribution in [1.29, 1.82) is 5.26 Å². The third-order valence-electron chi connectivity index (χ3n) is 8.17. The van der Waals surface area contributed by atoms with Gasteiger partial charge >= 0.3 is 12.1 Å². The number of alkyl halides is 3. The zero-order valence-corrected chi connectivity index (χ0v) is 20.3. The van der Waals surface area contributed by atoms with Gasteiger partial charge in [-0.3, -0.25) is 9.59 Å². The molecule has 3 saturated heterocycles. The number of amides is 2. The van der Waals surface area contributed by atoms with Gasteiger partial charge in [0.05, 0.1) is 12.1 Å². The van der Waals surface area contributed by atoms with Crippen LogP contribution in [0.25, 0.3) is 0 Å². The maximum Gasteiger partial charge on any atom is 0.490 e. The number of likely N-dealkylation sites (tertiary alicyclic amines) is 1. The number of carboxylic acids is 1. The number of nitrogens with zero attached hydrogens (tertiary/aromatic N) is 3. The van der Waals surface area contributed by atoms with Crippen LogP contribution in [0.5, 0.6) is 11.5 Å². The average Bonchev–Trinajstić information content (AvgIpc) is 3.20. The second-order valence-electron chi connectivity index (χ2n) is 10.4.